The number of Topliss-reactive ketones (excluding diaryl/α,β-unsaturated/α-hetero) is 1. The van der Waals surface area contributed by atoms with Crippen LogP contribution in [0.15, 0.2) is 60.8 Å². The van der Waals surface area contributed by atoms with Gasteiger partial charge in [-0.2, -0.15) is 5.10 Å². The number of amides is 1. The standard InChI is InChI=1S/C24H25FN4O2/c1-16-22(15-28(2)27-16)26-24(31)21-14-29(12-17-6-4-3-5-7-17)13-20(21)23(30)18-8-10-19(25)11-9-18/h3-11,15,20-21H,12-14H2,1-2H3,(H,26,31)/t20-,21-/m1/s1. The zero-order valence-electron chi connectivity index (χ0n) is 17.6. The van der Waals surface area contributed by atoms with Crippen LogP contribution in [0.1, 0.15) is 21.6 Å². The summed E-state index contributed by atoms with van der Waals surface area (Å²) in [5, 5.41) is 7.20. The van der Waals surface area contributed by atoms with Crippen molar-refractivity contribution in [3.63, 3.8) is 0 Å². The second-order valence-electron chi connectivity index (χ2n) is 8.05. The van der Waals surface area contributed by atoms with Gasteiger partial charge in [-0.25, -0.2) is 4.39 Å². The Morgan fingerprint density at radius 1 is 1.06 bits per heavy atom. The first-order valence-electron chi connectivity index (χ1n) is 10.3. The first-order chi connectivity index (χ1) is 14.9. The van der Waals surface area contributed by atoms with Crippen LogP contribution in [0.25, 0.3) is 0 Å². The molecule has 1 N–H and O–H groups in total. The maximum Gasteiger partial charge on any atom is 0.229 e. The molecule has 2 aromatic carbocycles. The van der Waals surface area contributed by atoms with Crippen LogP contribution in [0.4, 0.5) is 10.1 Å². The number of halogens is 1. The normalized spacial score (nSPS) is 18.8. The van der Waals surface area contributed by atoms with Crippen LogP contribution in [0, 0.1) is 24.6 Å². The summed E-state index contributed by atoms with van der Waals surface area (Å²) in [4.78, 5) is 28.6. The largest absolute Gasteiger partial charge is 0.323 e. The van der Waals surface area contributed by atoms with E-state index in [0.717, 1.165) is 11.3 Å². The van der Waals surface area contributed by atoms with E-state index in [1.165, 1.54) is 24.3 Å². The first-order valence-corrected chi connectivity index (χ1v) is 10.3. The molecule has 1 saturated heterocycles. The van der Waals surface area contributed by atoms with Crippen molar-refractivity contribution in [1.82, 2.24) is 14.7 Å². The van der Waals surface area contributed by atoms with Crippen LogP contribution in [-0.4, -0.2) is 39.5 Å². The number of hydrogen-bond donors (Lipinski definition) is 1. The number of aromatic nitrogens is 2. The maximum absolute atomic E-state index is 13.3. The Hall–Kier alpha value is -3.32. The summed E-state index contributed by atoms with van der Waals surface area (Å²) in [6, 6.07) is 15.5. The van der Waals surface area contributed by atoms with E-state index in [1.807, 2.05) is 37.3 Å². The molecule has 1 fully saturated rings. The number of benzene rings is 2. The van der Waals surface area contributed by atoms with E-state index in [9.17, 15) is 14.0 Å². The fraction of sp³-hybridized carbons (Fsp3) is 0.292. The third kappa shape index (κ3) is 4.72. The number of rotatable bonds is 6. The molecule has 0 spiro atoms. The zero-order chi connectivity index (χ0) is 22.0. The van der Waals surface area contributed by atoms with Gasteiger partial charge in [0.1, 0.15) is 5.82 Å². The predicted molar refractivity (Wildman–Crippen MR) is 116 cm³/mol. The van der Waals surface area contributed by atoms with Gasteiger partial charge in [0.05, 0.1) is 17.3 Å². The molecule has 1 aliphatic heterocycles. The van der Waals surface area contributed by atoms with Crippen molar-refractivity contribution in [2.45, 2.75) is 13.5 Å². The monoisotopic (exact) mass is 420 g/mol. The molecule has 0 aliphatic carbocycles. The summed E-state index contributed by atoms with van der Waals surface area (Å²) in [6.45, 7) is 3.42. The van der Waals surface area contributed by atoms with Gasteiger partial charge < -0.3 is 5.32 Å². The van der Waals surface area contributed by atoms with E-state index in [-0.39, 0.29) is 11.7 Å². The molecule has 2 atom stereocenters. The smallest absolute Gasteiger partial charge is 0.229 e. The molecule has 4 rings (SSSR count). The molecule has 1 aromatic heterocycles. The quantitative estimate of drug-likeness (QED) is 0.621. The van der Waals surface area contributed by atoms with Gasteiger partial charge in [-0.05, 0) is 36.8 Å². The van der Waals surface area contributed by atoms with Gasteiger partial charge in [0.25, 0.3) is 0 Å². The highest BCUT2D eigenvalue weighted by atomic mass is 19.1. The number of nitrogens with zero attached hydrogens (tertiary/aromatic N) is 3. The van der Waals surface area contributed by atoms with Gasteiger partial charge in [-0.3, -0.25) is 19.2 Å². The lowest BCUT2D eigenvalue weighted by Crippen LogP contribution is -2.33. The van der Waals surface area contributed by atoms with E-state index in [4.69, 9.17) is 0 Å². The van der Waals surface area contributed by atoms with Gasteiger partial charge >= 0.3 is 0 Å². The first kappa shape index (κ1) is 20.9. The Morgan fingerprint density at radius 3 is 2.39 bits per heavy atom. The van der Waals surface area contributed by atoms with E-state index < -0.39 is 17.7 Å². The van der Waals surface area contributed by atoms with Crippen LogP contribution in [0.2, 0.25) is 0 Å². The van der Waals surface area contributed by atoms with E-state index in [0.29, 0.717) is 30.9 Å². The molecule has 7 heteroatoms. The number of carbonyl (C=O) groups is 2. The molecule has 0 unspecified atom stereocenters. The fourth-order valence-electron chi connectivity index (χ4n) is 4.16. The molecule has 0 bridgehead atoms. The molecule has 0 radical (unpaired) electrons. The Balaban J connectivity index is 1.57. The summed E-state index contributed by atoms with van der Waals surface area (Å²) in [7, 11) is 1.79. The van der Waals surface area contributed by atoms with Crippen LogP contribution >= 0.6 is 0 Å². The molecule has 2 heterocycles. The Bertz CT molecular complexity index is 1080. The summed E-state index contributed by atoms with van der Waals surface area (Å²) in [5.74, 6) is -1.76. The van der Waals surface area contributed by atoms with Crippen molar-refractivity contribution in [1.29, 1.82) is 0 Å². The minimum atomic E-state index is -0.513. The molecule has 160 valence electrons. The highest BCUT2D eigenvalue weighted by Gasteiger charge is 2.42. The fourth-order valence-corrected chi connectivity index (χ4v) is 4.16. The molecule has 0 saturated carbocycles. The van der Waals surface area contributed by atoms with Crippen molar-refractivity contribution in [3.05, 3.63) is 83.4 Å². The molecule has 6 nitrogen and oxygen atoms in total. The van der Waals surface area contributed by atoms with Gasteiger partial charge in [0.2, 0.25) is 5.91 Å². The third-order valence-corrected chi connectivity index (χ3v) is 5.72. The van der Waals surface area contributed by atoms with Crippen LogP contribution in [0.5, 0.6) is 0 Å². The Morgan fingerprint density at radius 2 is 1.74 bits per heavy atom. The second-order valence-corrected chi connectivity index (χ2v) is 8.05. The number of hydrogen-bond acceptors (Lipinski definition) is 4. The summed E-state index contributed by atoms with van der Waals surface area (Å²) in [5.41, 5.74) is 2.90. The third-order valence-electron chi connectivity index (χ3n) is 5.72. The molecular weight excluding hydrogens is 395 g/mol. The average molecular weight is 420 g/mol. The number of aryl methyl sites for hydroxylation is 2. The van der Waals surface area contributed by atoms with Crippen LogP contribution in [0.3, 0.4) is 0 Å². The average Bonchev–Trinajstić information content (AvgIpc) is 3.31. The van der Waals surface area contributed by atoms with E-state index in [2.05, 4.69) is 15.3 Å². The van der Waals surface area contributed by atoms with Crippen molar-refractivity contribution >= 4 is 17.4 Å². The topological polar surface area (TPSA) is 67.2 Å². The lowest BCUT2D eigenvalue weighted by molar-refractivity contribution is -0.120. The molecule has 1 amide bonds. The highest BCUT2D eigenvalue weighted by Crippen LogP contribution is 2.30. The van der Waals surface area contributed by atoms with Crippen molar-refractivity contribution in [2.24, 2.45) is 18.9 Å². The van der Waals surface area contributed by atoms with E-state index >= 15 is 0 Å². The lowest BCUT2D eigenvalue weighted by Gasteiger charge is -2.17. The summed E-state index contributed by atoms with van der Waals surface area (Å²) in [6.07, 6.45) is 1.75. The second kappa shape index (κ2) is 8.81. The Kier molecular flexibility index (Phi) is 5.95. The van der Waals surface area contributed by atoms with Crippen molar-refractivity contribution in [3.8, 4) is 0 Å². The zero-order valence-corrected chi connectivity index (χ0v) is 17.6. The minimum Gasteiger partial charge on any atom is -0.323 e. The number of likely N-dealkylation sites (tertiary alicyclic amines) is 1. The maximum atomic E-state index is 13.3. The summed E-state index contributed by atoms with van der Waals surface area (Å²) >= 11 is 0. The summed E-state index contributed by atoms with van der Waals surface area (Å²) < 4.78 is 15.0. The lowest BCUT2D eigenvalue weighted by atomic mass is 9.87. The van der Waals surface area contributed by atoms with Crippen molar-refractivity contribution < 1.29 is 14.0 Å². The number of carbonyl (C=O) groups excluding carboxylic acids is 2. The molecule has 31 heavy (non-hydrogen) atoms. The minimum absolute atomic E-state index is 0.140. The van der Waals surface area contributed by atoms with Gasteiger partial charge in [0.15, 0.2) is 5.78 Å². The molecular formula is C24H25FN4O2. The van der Waals surface area contributed by atoms with Gasteiger partial charge in [-0.1, -0.05) is 30.3 Å². The van der Waals surface area contributed by atoms with Gasteiger partial charge in [-0.15, -0.1) is 0 Å². The van der Waals surface area contributed by atoms with Crippen LogP contribution < -0.4 is 5.32 Å². The van der Waals surface area contributed by atoms with Crippen LogP contribution in [-0.2, 0) is 18.4 Å². The molecule has 3 aromatic rings. The predicted octanol–water partition coefficient (Wildman–Crippen LogP) is 3.44. The number of nitrogens with one attached hydrogen (secondary N) is 1. The van der Waals surface area contributed by atoms with Gasteiger partial charge in [0, 0.05) is 44.4 Å². The highest BCUT2D eigenvalue weighted by molar-refractivity contribution is 6.03. The number of anilines is 1. The molecule has 1 aliphatic rings. The number of ketones is 1. The Labute approximate surface area is 180 Å². The van der Waals surface area contributed by atoms with E-state index in [1.54, 1.807) is 17.9 Å². The van der Waals surface area contributed by atoms with Crippen molar-refractivity contribution in [2.75, 3.05) is 18.4 Å². The SMILES string of the molecule is Cc1nn(C)cc1NC(=O)[C@@H]1CN(Cc2ccccc2)C[C@H]1C(=O)c1ccc(F)cc1.